The summed E-state index contributed by atoms with van der Waals surface area (Å²) >= 11 is 0. The van der Waals surface area contributed by atoms with Crippen LogP contribution in [0.1, 0.15) is 33.7 Å². The van der Waals surface area contributed by atoms with Crippen molar-refractivity contribution < 1.29 is 9.53 Å². The number of para-hydroxylation sites is 1. The van der Waals surface area contributed by atoms with Crippen molar-refractivity contribution >= 4 is 16.8 Å². The molecule has 8 heteroatoms. The lowest BCUT2D eigenvalue weighted by molar-refractivity contribution is 0.0374. The number of morpholine rings is 1. The SMILES string of the molecule is Cn1nc(C(=O)NCCCN2CCOCC2)c2c1CCN(Cc1ccnc3ccccc13)C2. The highest BCUT2D eigenvalue weighted by Crippen LogP contribution is 2.25. The number of carbonyl (C=O) groups excluding carboxylic acids is 1. The number of benzene rings is 1. The van der Waals surface area contributed by atoms with E-state index in [1.807, 2.05) is 24.0 Å². The molecule has 0 unspecified atom stereocenters. The third-order valence-electron chi connectivity index (χ3n) is 6.71. The molecule has 5 rings (SSSR count). The first-order valence-corrected chi connectivity index (χ1v) is 11.9. The number of aromatic nitrogens is 3. The summed E-state index contributed by atoms with van der Waals surface area (Å²) in [6.07, 6.45) is 3.71. The van der Waals surface area contributed by atoms with Crippen molar-refractivity contribution in [3.63, 3.8) is 0 Å². The highest BCUT2D eigenvalue weighted by molar-refractivity contribution is 5.94. The molecule has 0 radical (unpaired) electrons. The highest BCUT2D eigenvalue weighted by atomic mass is 16.5. The van der Waals surface area contributed by atoms with Crippen molar-refractivity contribution in [2.45, 2.75) is 25.9 Å². The van der Waals surface area contributed by atoms with Gasteiger partial charge in [0, 0.05) is 75.6 Å². The Balaban J connectivity index is 1.23. The Morgan fingerprint density at radius 1 is 1.12 bits per heavy atom. The van der Waals surface area contributed by atoms with Crippen LogP contribution in [0.15, 0.2) is 36.5 Å². The first-order valence-electron chi connectivity index (χ1n) is 11.9. The molecule has 0 spiro atoms. The summed E-state index contributed by atoms with van der Waals surface area (Å²) in [6, 6.07) is 10.4. The fourth-order valence-electron chi connectivity index (χ4n) is 4.91. The van der Waals surface area contributed by atoms with Gasteiger partial charge < -0.3 is 10.1 Å². The van der Waals surface area contributed by atoms with Gasteiger partial charge in [-0.15, -0.1) is 0 Å². The van der Waals surface area contributed by atoms with Gasteiger partial charge in [-0.05, 0) is 30.7 Å². The van der Waals surface area contributed by atoms with Crippen LogP contribution in [-0.2, 0) is 31.3 Å². The van der Waals surface area contributed by atoms with Crippen LogP contribution in [0.2, 0.25) is 0 Å². The van der Waals surface area contributed by atoms with Crippen LogP contribution < -0.4 is 5.32 Å². The quantitative estimate of drug-likeness (QED) is 0.557. The third kappa shape index (κ3) is 4.93. The predicted molar refractivity (Wildman–Crippen MR) is 127 cm³/mol. The molecule has 1 fully saturated rings. The average molecular weight is 449 g/mol. The van der Waals surface area contributed by atoms with E-state index in [0.29, 0.717) is 12.2 Å². The monoisotopic (exact) mass is 448 g/mol. The summed E-state index contributed by atoms with van der Waals surface area (Å²) < 4.78 is 7.28. The molecule has 0 atom stereocenters. The molecular weight excluding hydrogens is 416 g/mol. The van der Waals surface area contributed by atoms with E-state index in [4.69, 9.17) is 4.74 Å². The number of hydrogen-bond donors (Lipinski definition) is 1. The summed E-state index contributed by atoms with van der Waals surface area (Å²) in [4.78, 5) is 22.2. The zero-order valence-corrected chi connectivity index (χ0v) is 19.3. The smallest absolute Gasteiger partial charge is 0.272 e. The van der Waals surface area contributed by atoms with Gasteiger partial charge >= 0.3 is 0 Å². The molecule has 1 amide bonds. The normalized spacial score (nSPS) is 17.2. The Morgan fingerprint density at radius 3 is 2.85 bits per heavy atom. The van der Waals surface area contributed by atoms with Crippen LogP contribution in [-0.4, -0.2) is 76.4 Å². The molecule has 2 aliphatic heterocycles. The minimum absolute atomic E-state index is 0.0648. The number of rotatable bonds is 7. The number of nitrogens with zero attached hydrogens (tertiary/aromatic N) is 5. The lowest BCUT2D eigenvalue weighted by Gasteiger charge is -2.28. The van der Waals surface area contributed by atoms with Gasteiger partial charge in [0.2, 0.25) is 0 Å². The lowest BCUT2D eigenvalue weighted by Crippen LogP contribution is -2.38. The Morgan fingerprint density at radius 2 is 1.97 bits per heavy atom. The highest BCUT2D eigenvalue weighted by Gasteiger charge is 2.27. The van der Waals surface area contributed by atoms with Gasteiger partial charge in [0.05, 0.1) is 18.7 Å². The summed E-state index contributed by atoms with van der Waals surface area (Å²) in [5.74, 6) is -0.0648. The Labute approximate surface area is 194 Å². The number of nitrogens with one attached hydrogen (secondary N) is 1. The van der Waals surface area contributed by atoms with Crippen LogP contribution >= 0.6 is 0 Å². The minimum Gasteiger partial charge on any atom is -0.379 e. The maximum absolute atomic E-state index is 13.0. The molecule has 4 heterocycles. The summed E-state index contributed by atoms with van der Waals surface area (Å²) in [7, 11) is 1.94. The molecule has 2 aliphatic rings. The zero-order valence-electron chi connectivity index (χ0n) is 19.3. The van der Waals surface area contributed by atoms with Gasteiger partial charge in [0.1, 0.15) is 0 Å². The van der Waals surface area contributed by atoms with E-state index in [0.717, 1.165) is 76.4 Å². The van der Waals surface area contributed by atoms with Crippen LogP contribution in [0.3, 0.4) is 0 Å². The number of amides is 1. The maximum Gasteiger partial charge on any atom is 0.272 e. The van der Waals surface area contributed by atoms with E-state index >= 15 is 0 Å². The summed E-state index contributed by atoms with van der Waals surface area (Å²) in [6.45, 7) is 7.72. The van der Waals surface area contributed by atoms with Crippen LogP contribution in [0.4, 0.5) is 0 Å². The molecule has 2 aromatic heterocycles. The molecule has 0 bridgehead atoms. The number of pyridine rings is 1. The molecule has 33 heavy (non-hydrogen) atoms. The molecule has 1 saturated heterocycles. The summed E-state index contributed by atoms with van der Waals surface area (Å²) in [5.41, 5.74) is 5.09. The third-order valence-corrected chi connectivity index (χ3v) is 6.71. The van der Waals surface area contributed by atoms with Crippen molar-refractivity contribution in [2.24, 2.45) is 7.05 Å². The number of hydrogen-bond acceptors (Lipinski definition) is 6. The molecule has 0 aliphatic carbocycles. The van der Waals surface area contributed by atoms with E-state index in [-0.39, 0.29) is 5.91 Å². The van der Waals surface area contributed by atoms with E-state index in [9.17, 15) is 4.79 Å². The summed E-state index contributed by atoms with van der Waals surface area (Å²) in [5, 5.41) is 8.87. The Kier molecular flexibility index (Phi) is 6.66. The topological polar surface area (TPSA) is 75.5 Å². The first-order chi connectivity index (χ1) is 16.2. The zero-order chi connectivity index (χ0) is 22.6. The standard InChI is InChI=1S/C25H32N6O2/c1-29-23-8-12-31(17-19-7-10-26-22-6-3-2-5-20(19)22)18-21(23)24(28-29)25(32)27-9-4-11-30-13-15-33-16-14-30/h2-3,5-7,10H,4,8-9,11-18H2,1H3,(H,27,32). The van der Waals surface area contributed by atoms with Crippen molar-refractivity contribution in [1.29, 1.82) is 0 Å². The second-order valence-electron chi connectivity index (χ2n) is 8.91. The van der Waals surface area contributed by atoms with Crippen molar-refractivity contribution in [1.82, 2.24) is 29.9 Å². The molecule has 0 saturated carbocycles. The fourth-order valence-corrected chi connectivity index (χ4v) is 4.91. The number of ether oxygens (including phenoxy) is 1. The largest absolute Gasteiger partial charge is 0.379 e. The van der Waals surface area contributed by atoms with E-state index in [1.165, 1.54) is 16.6 Å². The average Bonchev–Trinajstić information content (AvgIpc) is 3.18. The Bertz CT molecular complexity index is 1120. The van der Waals surface area contributed by atoms with Gasteiger partial charge in [-0.25, -0.2) is 0 Å². The van der Waals surface area contributed by atoms with Crippen LogP contribution in [0.25, 0.3) is 10.9 Å². The van der Waals surface area contributed by atoms with Crippen molar-refractivity contribution in [3.8, 4) is 0 Å². The van der Waals surface area contributed by atoms with Crippen LogP contribution in [0, 0.1) is 0 Å². The van der Waals surface area contributed by atoms with E-state index < -0.39 is 0 Å². The second kappa shape index (κ2) is 9.99. The van der Waals surface area contributed by atoms with Gasteiger partial charge in [-0.1, -0.05) is 18.2 Å². The van der Waals surface area contributed by atoms with E-state index in [2.05, 4.69) is 49.5 Å². The van der Waals surface area contributed by atoms with Crippen LogP contribution in [0.5, 0.6) is 0 Å². The Hall–Kier alpha value is -2.81. The number of carbonyl (C=O) groups is 1. The second-order valence-corrected chi connectivity index (χ2v) is 8.91. The van der Waals surface area contributed by atoms with Gasteiger partial charge in [-0.2, -0.15) is 5.10 Å². The molecule has 1 N–H and O–H groups in total. The van der Waals surface area contributed by atoms with Gasteiger partial charge in [0.25, 0.3) is 5.91 Å². The number of fused-ring (bicyclic) bond motifs is 2. The minimum atomic E-state index is -0.0648. The van der Waals surface area contributed by atoms with Crippen molar-refractivity contribution in [3.05, 3.63) is 59.0 Å². The van der Waals surface area contributed by atoms with Gasteiger partial charge in [0.15, 0.2) is 5.69 Å². The lowest BCUT2D eigenvalue weighted by atomic mass is 10.0. The molecule has 3 aromatic rings. The predicted octanol–water partition coefficient (Wildman–Crippen LogP) is 1.98. The van der Waals surface area contributed by atoms with Crippen molar-refractivity contribution in [2.75, 3.05) is 45.9 Å². The molecule has 1 aromatic carbocycles. The first kappa shape index (κ1) is 22.0. The fraction of sp³-hybridized carbons (Fsp3) is 0.480. The van der Waals surface area contributed by atoms with Gasteiger partial charge in [-0.3, -0.25) is 24.3 Å². The molecule has 8 nitrogen and oxygen atoms in total. The molecular formula is C25H32N6O2. The van der Waals surface area contributed by atoms with E-state index in [1.54, 1.807) is 0 Å². The molecule has 174 valence electrons. The maximum atomic E-state index is 13.0. The number of aryl methyl sites for hydroxylation is 1.